The normalized spacial score (nSPS) is 9.65. The highest BCUT2D eigenvalue weighted by atomic mass is 32.1. The highest BCUT2D eigenvalue weighted by Gasteiger charge is 2.02. The molecule has 0 bridgehead atoms. The lowest BCUT2D eigenvalue weighted by Crippen LogP contribution is -2.05. The van der Waals surface area contributed by atoms with Crippen molar-refractivity contribution >= 4 is 16.5 Å². The summed E-state index contributed by atoms with van der Waals surface area (Å²) in [7, 11) is 0. The van der Waals surface area contributed by atoms with Gasteiger partial charge in [-0.1, -0.05) is 17.4 Å². The van der Waals surface area contributed by atoms with E-state index in [2.05, 4.69) is 16.5 Å². The first-order valence-corrected chi connectivity index (χ1v) is 5.68. The van der Waals surface area contributed by atoms with Crippen molar-refractivity contribution in [3.8, 4) is 11.8 Å². The number of hydrazine groups is 1. The number of hydrogen-bond acceptors (Lipinski definition) is 6. The van der Waals surface area contributed by atoms with Gasteiger partial charge in [-0.3, -0.25) is 5.43 Å². The molecular formula is C11H10N4OS. The van der Waals surface area contributed by atoms with Crippen molar-refractivity contribution in [2.75, 3.05) is 5.43 Å². The molecule has 0 aliphatic heterocycles. The Hall–Kier alpha value is -2.10. The fourth-order valence-electron chi connectivity index (χ4n) is 1.25. The number of nitrogens with zero attached hydrogens (tertiary/aromatic N) is 2. The molecule has 86 valence electrons. The first-order valence-electron chi connectivity index (χ1n) is 4.86. The zero-order valence-electron chi connectivity index (χ0n) is 8.88. The van der Waals surface area contributed by atoms with Crippen molar-refractivity contribution in [3.63, 3.8) is 0 Å². The van der Waals surface area contributed by atoms with Crippen LogP contribution in [0.25, 0.3) is 0 Å². The summed E-state index contributed by atoms with van der Waals surface area (Å²) in [6, 6.07) is 9.09. The summed E-state index contributed by atoms with van der Waals surface area (Å²) in [6.45, 7) is 0.411. The highest BCUT2D eigenvalue weighted by molar-refractivity contribution is 7.15. The van der Waals surface area contributed by atoms with Gasteiger partial charge in [-0.05, 0) is 18.2 Å². The van der Waals surface area contributed by atoms with Crippen LogP contribution in [-0.2, 0) is 6.61 Å². The average Bonchev–Trinajstić information content (AvgIpc) is 2.84. The van der Waals surface area contributed by atoms with E-state index in [1.54, 1.807) is 24.4 Å². The first kappa shape index (κ1) is 11.4. The standard InChI is InChI=1S/C11H10N4OS/c12-5-8-2-1-3-9(4-8)16-7-10-6-14-11(15-13)17-10/h1-4,6H,7,13H2,(H,14,15). The smallest absolute Gasteiger partial charge is 0.197 e. The number of nitrogens with two attached hydrogens (primary N) is 1. The Morgan fingerprint density at radius 1 is 1.53 bits per heavy atom. The molecule has 3 N–H and O–H groups in total. The number of nitrogens with one attached hydrogen (secondary N) is 1. The molecule has 2 aromatic rings. The molecule has 5 nitrogen and oxygen atoms in total. The van der Waals surface area contributed by atoms with Crippen LogP contribution in [0, 0.1) is 11.3 Å². The van der Waals surface area contributed by atoms with Crippen molar-refractivity contribution in [3.05, 3.63) is 40.9 Å². The lowest BCUT2D eigenvalue weighted by molar-refractivity contribution is 0.309. The van der Waals surface area contributed by atoms with E-state index < -0.39 is 0 Å². The van der Waals surface area contributed by atoms with Gasteiger partial charge < -0.3 is 4.74 Å². The van der Waals surface area contributed by atoms with E-state index in [0.29, 0.717) is 23.1 Å². The molecule has 0 fully saturated rings. The van der Waals surface area contributed by atoms with E-state index in [4.69, 9.17) is 15.8 Å². The van der Waals surface area contributed by atoms with Gasteiger partial charge in [-0.25, -0.2) is 10.8 Å². The fraction of sp³-hybridized carbons (Fsp3) is 0.0909. The van der Waals surface area contributed by atoms with E-state index in [1.807, 2.05) is 6.07 Å². The van der Waals surface area contributed by atoms with E-state index in [1.165, 1.54) is 11.3 Å². The Morgan fingerprint density at radius 3 is 3.12 bits per heavy atom. The zero-order chi connectivity index (χ0) is 12.1. The quantitative estimate of drug-likeness (QED) is 0.635. The van der Waals surface area contributed by atoms with Crippen molar-refractivity contribution in [1.82, 2.24) is 4.98 Å². The molecule has 1 heterocycles. The van der Waals surface area contributed by atoms with Crippen LogP contribution in [0.15, 0.2) is 30.5 Å². The number of ether oxygens (including phenoxy) is 1. The van der Waals surface area contributed by atoms with Crippen molar-refractivity contribution in [1.29, 1.82) is 5.26 Å². The lowest BCUT2D eigenvalue weighted by atomic mass is 10.2. The molecule has 6 heteroatoms. The van der Waals surface area contributed by atoms with Gasteiger partial charge in [0.15, 0.2) is 5.13 Å². The van der Waals surface area contributed by atoms with E-state index in [-0.39, 0.29) is 0 Å². The third-order valence-corrected chi connectivity index (χ3v) is 2.92. The largest absolute Gasteiger partial charge is 0.488 e. The minimum Gasteiger partial charge on any atom is -0.488 e. The van der Waals surface area contributed by atoms with Gasteiger partial charge >= 0.3 is 0 Å². The summed E-state index contributed by atoms with van der Waals surface area (Å²) in [6.07, 6.45) is 1.70. The van der Waals surface area contributed by atoms with Gasteiger partial charge in [-0.2, -0.15) is 5.26 Å². The van der Waals surface area contributed by atoms with Crippen molar-refractivity contribution in [2.45, 2.75) is 6.61 Å². The monoisotopic (exact) mass is 246 g/mol. The molecule has 1 aromatic carbocycles. The topological polar surface area (TPSA) is 84.0 Å². The lowest BCUT2D eigenvalue weighted by Gasteiger charge is -2.03. The van der Waals surface area contributed by atoms with Crippen LogP contribution in [0.2, 0.25) is 0 Å². The van der Waals surface area contributed by atoms with Gasteiger partial charge in [0, 0.05) is 6.20 Å². The van der Waals surface area contributed by atoms with Gasteiger partial charge in [-0.15, -0.1) is 0 Å². The number of rotatable bonds is 4. The Labute approximate surface area is 102 Å². The highest BCUT2D eigenvalue weighted by Crippen LogP contribution is 2.20. The summed E-state index contributed by atoms with van der Waals surface area (Å²) < 4.78 is 5.54. The minimum absolute atomic E-state index is 0.411. The SMILES string of the molecule is N#Cc1cccc(OCc2cnc(NN)s2)c1. The second-order valence-corrected chi connectivity index (χ2v) is 4.32. The maximum absolute atomic E-state index is 8.75. The number of benzene rings is 1. The number of hydrogen-bond donors (Lipinski definition) is 2. The molecule has 0 saturated carbocycles. The summed E-state index contributed by atoms with van der Waals surface area (Å²) in [5.41, 5.74) is 3.05. The van der Waals surface area contributed by atoms with Gasteiger partial charge in [0.05, 0.1) is 16.5 Å². The predicted molar refractivity (Wildman–Crippen MR) is 65.4 cm³/mol. The predicted octanol–water partition coefficient (Wildman–Crippen LogP) is 1.88. The minimum atomic E-state index is 0.411. The first-order chi connectivity index (χ1) is 8.31. The number of nitriles is 1. The van der Waals surface area contributed by atoms with Crippen LogP contribution in [0.1, 0.15) is 10.4 Å². The Bertz CT molecular complexity index is 546. The molecule has 0 aliphatic rings. The van der Waals surface area contributed by atoms with Gasteiger partial charge in [0.25, 0.3) is 0 Å². The van der Waals surface area contributed by atoms with Crippen LogP contribution in [0.3, 0.4) is 0 Å². The maximum atomic E-state index is 8.75. The molecule has 0 aliphatic carbocycles. The summed E-state index contributed by atoms with van der Waals surface area (Å²) in [4.78, 5) is 4.99. The molecule has 1 aromatic heterocycles. The molecule has 0 saturated heterocycles. The molecule has 0 unspecified atom stereocenters. The maximum Gasteiger partial charge on any atom is 0.197 e. The molecule has 0 amide bonds. The Kier molecular flexibility index (Phi) is 3.55. The summed E-state index contributed by atoms with van der Waals surface area (Å²) in [5, 5.41) is 9.39. The number of thiazole rings is 1. The summed E-state index contributed by atoms with van der Waals surface area (Å²) in [5.74, 6) is 5.90. The number of aromatic nitrogens is 1. The molecule has 0 radical (unpaired) electrons. The third-order valence-electron chi connectivity index (χ3n) is 2.02. The molecule has 2 rings (SSSR count). The Balaban J connectivity index is 1.99. The molecule has 17 heavy (non-hydrogen) atoms. The fourth-order valence-corrected chi connectivity index (χ4v) is 1.89. The number of anilines is 1. The second-order valence-electron chi connectivity index (χ2n) is 3.20. The van der Waals surface area contributed by atoms with E-state index >= 15 is 0 Å². The van der Waals surface area contributed by atoms with Crippen LogP contribution in [-0.4, -0.2) is 4.98 Å². The van der Waals surface area contributed by atoms with Gasteiger partial charge in [0.1, 0.15) is 12.4 Å². The molecule has 0 atom stereocenters. The van der Waals surface area contributed by atoms with Crippen molar-refractivity contribution in [2.24, 2.45) is 5.84 Å². The van der Waals surface area contributed by atoms with Crippen LogP contribution >= 0.6 is 11.3 Å². The van der Waals surface area contributed by atoms with E-state index in [0.717, 1.165) is 4.88 Å². The van der Waals surface area contributed by atoms with Crippen molar-refractivity contribution < 1.29 is 4.74 Å². The number of nitrogen functional groups attached to an aromatic ring is 1. The summed E-state index contributed by atoms with van der Waals surface area (Å²) >= 11 is 1.42. The van der Waals surface area contributed by atoms with Crippen LogP contribution in [0.5, 0.6) is 5.75 Å². The third kappa shape index (κ3) is 2.93. The Morgan fingerprint density at radius 2 is 2.41 bits per heavy atom. The average molecular weight is 246 g/mol. The zero-order valence-corrected chi connectivity index (χ0v) is 9.70. The molecule has 0 spiro atoms. The van der Waals surface area contributed by atoms with Crippen LogP contribution in [0.4, 0.5) is 5.13 Å². The van der Waals surface area contributed by atoms with E-state index in [9.17, 15) is 0 Å². The van der Waals surface area contributed by atoms with Gasteiger partial charge in [0.2, 0.25) is 0 Å². The molecular weight excluding hydrogens is 236 g/mol. The van der Waals surface area contributed by atoms with Crippen LogP contribution < -0.4 is 16.0 Å². The second kappa shape index (κ2) is 5.30.